The molecule has 3 N–H and O–H groups in total. The van der Waals surface area contributed by atoms with Gasteiger partial charge in [0.2, 0.25) is 0 Å². The first-order valence-electron chi connectivity index (χ1n) is 9.25. The predicted octanol–water partition coefficient (Wildman–Crippen LogP) is 3.42. The maximum atomic E-state index is 6.12. The predicted molar refractivity (Wildman–Crippen MR) is 125 cm³/mol. The van der Waals surface area contributed by atoms with Crippen molar-refractivity contribution in [3.05, 3.63) is 59.7 Å². The maximum Gasteiger partial charge on any atom is 0.193 e. The minimum absolute atomic E-state index is 0. The Bertz CT molecular complexity index is 744. The molecule has 1 fully saturated rings. The van der Waals surface area contributed by atoms with E-state index in [2.05, 4.69) is 34.3 Å². The van der Waals surface area contributed by atoms with Crippen LogP contribution in [-0.4, -0.2) is 50.8 Å². The lowest BCUT2D eigenvalue weighted by Gasteiger charge is -2.34. The Morgan fingerprint density at radius 1 is 1.14 bits per heavy atom. The number of ether oxygens (including phenoxy) is 2. The van der Waals surface area contributed by atoms with Crippen LogP contribution in [0.25, 0.3) is 0 Å². The molecule has 1 saturated heterocycles. The molecule has 6 nitrogen and oxygen atoms in total. The van der Waals surface area contributed by atoms with Crippen LogP contribution in [0.2, 0.25) is 0 Å². The number of guanidine groups is 1. The number of benzene rings is 2. The van der Waals surface area contributed by atoms with Crippen LogP contribution in [0.3, 0.4) is 0 Å². The number of hydrogen-bond acceptors (Lipinski definition) is 4. The molecule has 0 spiro atoms. The Labute approximate surface area is 184 Å². The molecule has 152 valence electrons. The fourth-order valence-corrected chi connectivity index (χ4v) is 3.16. The molecular weight excluding hydrogens is 467 g/mol. The molecule has 7 heteroatoms. The zero-order valence-corrected chi connectivity index (χ0v) is 18.8. The number of halogens is 1. The summed E-state index contributed by atoms with van der Waals surface area (Å²) in [6.45, 7) is 5.90. The second-order valence-corrected chi connectivity index (χ2v) is 6.65. The molecule has 1 aliphatic rings. The molecule has 1 unspecified atom stereocenters. The van der Waals surface area contributed by atoms with Gasteiger partial charge in [-0.3, -0.25) is 9.89 Å². The smallest absolute Gasteiger partial charge is 0.193 e. The number of rotatable bonds is 6. The third-order valence-corrected chi connectivity index (χ3v) is 4.75. The summed E-state index contributed by atoms with van der Waals surface area (Å²) in [5.74, 6) is 1.27. The Kier molecular flexibility index (Phi) is 9.01. The molecule has 28 heavy (non-hydrogen) atoms. The van der Waals surface area contributed by atoms with E-state index >= 15 is 0 Å². The number of aryl methyl sites for hydroxylation is 1. The number of aliphatic imine (C=N–C) groups is 1. The van der Waals surface area contributed by atoms with Gasteiger partial charge in [0, 0.05) is 18.8 Å². The van der Waals surface area contributed by atoms with Gasteiger partial charge in [0.25, 0.3) is 0 Å². The number of methoxy groups -OCH3 is 1. The van der Waals surface area contributed by atoms with Gasteiger partial charge in [0.1, 0.15) is 5.75 Å². The van der Waals surface area contributed by atoms with E-state index in [9.17, 15) is 0 Å². The van der Waals surface area contributed by atoms with Crippen LogP contribution in [0.5, 0.6) is 5.75 Å². The Hall–Kier alpha value is -1.84. The number of nitrogens with zero attached hydrogens (tertiary/aromatic N) is 2. The molecule has 2 aromatic carbocycles. The third-order valence-electron chi connectivity index (χ3n) is 4.75. The van der Waals surface area contributed by atoms with Gasteiger partial charge < -0.3 is 20.5 Å². The lowest BCUT2D eigenvalue weighted by atomic mass is 10.0. The third kappa shape index (κ3) is 6.35. The van der Waals surface area contributed by atoms with Gasteiger partial charge in [0.05, 0.1) is 32.9 Å². The largest absolute Gasteiger partial charge is 0.497 e. The van der Waals surface area contributed by atoms with Crippen LogP contribution in [0.4, 0.5) is 5.69 Å². The molecule has 0 amide bonds. The molecule has 3 rings (SSSR count). The van der Waals surface area contributed by atoms with Crippen molar-refractivity contribution >= 4 is 35.6 Å². The molecule has 2 aromatic rings. The Morgan fingerprint density at radius 2 is 1.79 bits per heavy atom. The number of nitrogens with two attached hydrogens (primary N) is 1. The van der Waals surface area contributed by atoms with Crippen molar-refractivity contribution in [2.75, 3.05) is 45.3 Å². The van der Waals surface area contributed by atoms with Crippen molar-refractivity contribution in [3.8, 4) is 5.75 Å². The summed E-state index contributed by atoms with van der Waals surface area (Å²) in [4.78, 5) is 7.00. The fourth-order valence-electron chi connectivity index (χ4n) is 3.16. The minimum Gasteiger partial charge on any atom is -0.497 e. The summed E-state index contributed by atoms with van der Waals surface area (Å²) in [6.07, 6.45) is 0. The first-order chi connectivity index (χ1) is 13.2. The van der Waals surface area contributed by atoms with E-state index in [1.165, 1.54) is 11.1 Å². The zero-order chi connectivity index (χ0) is 19.1. The Balaban J connectivity index is 0.00000280. The van der Waals surface area contributed by atoms with Gasteiger partial charge in [0.15, 0.2) is 5.96 Å². The number of hydrogen-bond donors (Lipinski definition) is 2. The van der Waals surface area contributed by atoms with Crippen LogP contribution in [-0.2, 0) is 4.74 Å². The van der Waals surface area contributed by atoms with Crippen molar-refractivity contribution in [1.29, 1.82) is 0 Å². The number of morpholine rings is 1. The van der Waals surface area contributed by atoms with E-state index in [4.69, 9.17) is 15.2 Å². The van der Waals surface area contributed by atoms with E-state index in [-0.39, 0.29) is 30.0 Å². The summed E-state index contributed by atoms with van der Waals surface area (Å²) in [5.41, 5.74) is 9.47. The van der Waals surface area contributed by atoms with Crippen molar-refractivity contribution in [3.63, 3.8) is 0 Å². The highest BCUT2D eigenvalue weighted by atomic mass is 127. The first-order valence-corrected chi connectivity index (χ1v) is 9.25. The average Bonchev–Trinajstić information content (AvgIpc) is 2.71. The molecule has 0 bridgehead atoms. The van der Waals surface area contributed by atoms with E-state index in [1.807, 2.05) is 36.4 Å². The summed E-state index contributed by atoms with van der Waals surface area (Å²) in [5, 5.41) is 3.16. The standard InChI is InChI=1S/C21H28N4O2.HI/c1-16-3-7-18(8-4-16)24-21(22)23-15-20(25-11-13-27-14-12-25)17-5-9-19(26-2)10-6-17;/h3-10,20H,11-15H2,1-2H3,(H3,22,23,24);1H. The molecule has 0 aliphatic carbocycles. The zero-order valence-electron chi connectivity index (χ0n) is 16.4. The van der Waals surface area contributed by atoms with Crippen molar-refractivity contribution < 1.29 is 9.47 Å². The highest BCUT2D eigenvalue weighted by molar-refractivity contribution is 14.0. The number of anilines is 1. The summed E-state index contributed by atoms with van der Waals surface area (Å²) in [7, 11) is 1.68. The highest BCUT2D eigenvalue weighted by Crippen LogP contribution is 2.24. The number of nitrogens with one attached hydrogen (secondary N) is 1. The lowest BCUT2D eigenvalue weighted by Crippen LogP contribution is -2.40. The summed E-state index contributed by atoms with van der Waals surface area (Å²) in [6, 6.07) is 16.4. The van der Waals surface area contributed by atoms with E-state index in [1.54, 1.807) is 7.11 Å². The van der Waals surface area contributed by atoms with E-state index in [0.717, 1.165) is 37.7 Å². The van der Waals surface area contributed by atoms with Crippen molar-refractivity contribution in [1.82, 2.24) is 4.90 Å². The summed E-state index contributed by atoms with van der Waals surface area (Å²) >= 11 is 0. The van der Waals surface area contributed by atoms with Gasteiger partial charge in [-0.25, -0.2) is 0 Å². The topological polar surface area (TPSA) is 72.1 Å². The lowest BCUT2D eigenvalue weighted by molar-refractivity contribution is 0.0180. The van der Waals surface area contributed by atoms with Crippen molar-refractivity contribution in [2.45, 2.75) is 13.0 Å². The fraction of sp³-hybridized carbons (Fsp3) is 0.381. The van der Waals surface area contributed by atoms with Crippen LogP contribution in [0.15, 0.2) is 53.5 Å². The normalized spacial score (nSPS) is 16.1. The molecule has 0 saturated carbocycles. The van der Waals surface area contributed by atoms with E-state index in [0.29, 0.717) is 12.5 Å². The quantitative estimate of drug-likeness (QED) is 0.365. The van der Waals surface area contributed by atoms with Gasteiger partial charge in [-0.05, 0) is 36.8 Å². The van der Waals surface area contributed by atoms with Gasteiger partial charge in [-0.15, -0.1) is 24.0 Å². The van der Waals surface area contributed by atoms with E-state index < -0.39 is 0 Å². The molecule has 0 aromatic heterocycles. The Morgan fingerprint density at radius 3 is 2.39 bits per heavy atom. The molecule has 1 heterocycles. The SMILES string of the molecule is COc1ccc(C(CN=C(N)Nc2ccc(C)cc2)N2CCOCC2)cc1.I. The molecule has 1 aliphatic heterocycles. The van der Waals surface area contributed by atoms with Gasteiger partial charge in [-0.2, -0.15) is 0 Å². The average molecular weight is 496 g/mol. The molecule has 1 atom stereocenters. The highest BCUT2D eigenvalue weighted by Gasteiger charge is 2.22. The van der Waals surface area contributed by atoms with Crippen LogP contribution >= 0.6 is 24.0 Å². The van der Waals surface area contributed by atoms with Gasteiger partial charge in [-0.1, -0.05) is 29.8 Å². The van der Waals surface area contributed by atoms with Crippen LogP contribution in [0, 0.1) is 6.92 Å². The van der Waals surface area contributed by atoms with Crippen LogP contribution < -0.4 is 15.8 Å². The van der Waals surface area contributed by atoms with Crippen molar-refractivity contribution in [2.24, 2.45) is 10.7 Å². The minimum atomic E-state index is 0. The monoisotopic (exact) mass is 496 g/mol. The second kappa shape index (κ2) is 11.2. The molecular formula is C21H29IN4O2. The summed E-state index contributed by atoms with van der Waals surface area (Å²) < 4.78 is 10.8. The first kappa shape index (κ1) is 22.4. The van der Waals surface area contributed by atoms with Crippen LogP contribution in [0.1, 0.15) is 17.2 Å². The van der Waals surface area contributed by atoms with Gasteiger partial charge >= 0.3 is 0 Å². The molecule has 0 radical (unpaired) electrons. The maximum absolute atomic E-state index is 6.12. The second-order valence-electron chi connectivity index (χ2n) is 6.65.